The van der Waals surface area contributed by atoms with E-state index in [2.05, 4.69) is 22.4 Å². The third-order valence-corrected chi connectivity index (χ3v) is 3.48. The van der Waals surface area contributed by atoms with Crippen LogP contribution in [0.25, 0.3) is 10.9 Å². The number of hydrogen-bond acceptors (Lipinski definition) is 2. The lowest BCUT2D eigenvalue weighted by molar-refractivity contribution is 0.346. The molecule has 3 rings (SSSR count). The van der Waals surface area contributed by atoms with E-state index in [4.69, 9.17) is 0 Å². The Kier molecular flexibility index (Phi) is 2.48. The molecule has 0 spiro atoms. The molecule has 1 aromatic carbocycles. The van der Waals surface area contributed by atoms with E-state index in [-0.39, 0.29) is 5.56 Å². The van der Waals surface area contributed by atoms with Crippen LogP contribution in [0, 0.1) is 12.8 Å². The molecule has 0 bridgehead atoms. The van der Waals surface area contributed by atoms with Gasteiger partial charge >= 0.3 is 0 Å². The molecule has 88 valence electrons. The van der Waals surface area contributed by atoms with E-state index in [1.54, 1.807) is 0 Å². The van der Waals surface area contributed by atoms with Gasteiger partial charge in [-0.05, 0) is 61.5 Å². The van der Waals surface area contributed by atoms with Gasteiger partial charge in [0.15, 0.2) is 0 Å². The predicted molar refractivity (Wildman–Crippen MR) is 69.4 cm³/mol. The normalized spacial score (nSPS) is 16.1. The summed E-state index contributed by atoms with van der Waals surface area (Å²) in [5.74, 6) is 0.774. The lowest BCUT2D eigenvalue weighted by Crippen LogP contribution is -2.43. The molecule has 0 aliphatic carbocycles. The number of hydrogen-bond donors (Lipinski definition) is 2. The highest BCUT2D eigenvalue weighted by molar-refractivity contribution is 5.79. The Morgan fingerprint density at radius 2 is 2.12 bits per heavy atom. The molecular weight excluding hydrogens is 212 g/mol. The van der Waals surface area contributed by atoms with Crippen molar-refractivity contribution in [1.82, 2.24) is 10.3 Å². The molecule has 0 saturated carbocycles. The highest BCUT2D eigenvalue weighted by atomic mass is 16.1. The lowest BCUT2D eigenvalue weighted by Gasteiger charge is -2.27. The van der Waals surface area contributed by atoms with E-state index in [0.717, 1.165) is 41.9 Å². The second kappa shape index (κ2) is 4.00. The van der Waals surface area contributed by atoms with Gasteiger partial charge < -0.3 is 10.3 Å². The molecule has 2 heterocycles. The average molecular weight is 228 g/mol. The highest BCUT2D eigenvalue weighted by Crippen LogP contribution is 2.18. The van der Waals surface area contributed by atoms with E-state index in [0.29, 0.717) is 0 Å². The standard InChI is InChI=1S/C14H16N2O/c1-9-4-12-6-10(5-11-7-15-8-11)2-3-13(12)16-14(9)17/h2-4,6,11,15H,5,7-8H2,1H3,(H,16,17). The van der Waals surface area contributed by atoms with E-state index >= 15 is 0 Å². The maximum Gasteiger partial charge on any atom is 0.251 e. The summed E-state index contributed by atoms with van der Waals surface area (Å²) in [6.07, 6.45) is 1.13. The Morgan fingerprint density at radius 3 is 2.82 bits per heavy atom. The maximum atomic E-state index is 11.5. The number of pyridine rings is 1. The molecule has 3 heteroatoms. The van der Waals surface area contributed by atoms with Crippen molar-refractivity contribution in [2.75, 3.05) is 13.1 Å². The van der Waals surface area contributed by atoms with Gasteiger partial charge in [-0.3, -0.25) is 4.79 Å². The van der Waals surface area contributed by atoms with Crippen LogP contribution in [-0.2, 0) is 6.42 Å². The van der Waals surface area contributed by atoms with Crippen molar-refractivity contribution in [2.24, 2.45) is 5.92 Å². The van der Waals surface area contributed by atoms with Crippen LogP contribution in [0.2, 0.25) is 0 Å². The summed E-state index contributed by atoms with van der Waals surface area (Å²) in [4.78, 5) is 14.4. The predicted octanol–water partition coefficient (Wildman–Crippen LogP) is 1.60. The second-order valence-corrected chi connectivity index (χ2v) is 4.93. The first kappa shape index (κ1) is 10.5. The third kappa shape index (κ3) is 1.98. The van der Waals surface area contributed by atoms with Gasteiger partial charge in [0, 0.05) is 11.1 Å². The molecule has 0 atom stereocenters. The fourth-order valence-corrected chi connectivity index (χ4v) is 2.32. The Bertz CT molecular complexity index is 611. The topological polar surface area (TPSA) is 44.9 Å². The molecule has 0 unspecified atom stereocenters. The average Bonchev–Trinajstić information content (AvgIpc) is 2.25. The molecule has 2 aromatic rings. The number of nitrogens with one attached hydrogen (secondary N) is 2. The monoisotopic (exact) mass is 228 g/mol. The number of aryl methyl sites for hydroxylation is 1. The maximum absolute atomic E-state index is 11.5. The SMILES string of the molecule is Cc1cc2cc(CC3CNC3)ccc2[nH]c1=O. The van der Waals surface area contributed by atoms with Crippen LogP contribution >= 0.6 is 0 Å². The largest absolute Gasteiger partial charge is 0.322 e. The molecule has 1 aliphatic heterocycles. The summed E-state index contributed by atoms with van der Waals surface area (Å²) in [6, 6.07) is 8.29. The molecule has 2 N–H and O–H groups in total. The van der Waals surface area contributed by atoms with Crippen LogP contribution in [0.3, 0.4) is 0 Å². The summed E-state index contributed by atoms with van der Waals surface area (Å²) >= 11 is 0. The van der Waals surface area contributed by atoms with Crippen molar-refractivity contribution in [3.8, 4) is 0 Å². The first-order valence-corrected chi connectivity index (χ1v) is 6.05. The molecule has 1 fully saturated rings. The molecule has 0 amide bonds. The Hall–Kier alpha value is -1.61. The number of fused-ring (bicyclic) bond motifs is 1. The summed E-state index contributed by atoms with van der Waals surface area (Å²) in [7, 11) is 0. The van der Waals surface area contributed by atoms with Gasteiger partial charge in [-0.15, -0.1) is 0 Å². The number of aromatic amines is 1. The number of H-pyrrole nitrogens is 1. The van der Waals surface area contributed by atoms with Crippen LogP contribution in [0.1, 0.15) is 11.1 Å². The quantitative estimate of drug-likeness (QED) is 0.820. The Labute approximate surface area is 99.9 Å². The molecule has 1 aromatic heterocycles. The van der Waals surface area contributed by atoms with Crippen LogP contribution in [0.5, 0.6) is 0 Å². The van der Waals surface area contributed by atoms with Crippen molar-refractivity contribution >= 4 is 10.9 Å². The highest BCUT2D eigenvalue weighted by Gasteiger charge is 2.16. The van der Waals surface area contributed by atoms with Crippen molar-refractivity contribution in [3.63, 3.8) is 0 Å². The Balaban J connectivity index is 1.99. The van der Waals surface area contributed by atoms with Crippen molar-refractivity contribution < 1.29 is 0 Å². The molecule has 3 nitrogen and oxygen atoms in total. The summed E-state index contributed by atoms with van der Waals surface area (Å²) in [5, 5.41) is 4.42. The molecule has 0 radical (unpaired) electrons. The lowest BCUT2D eigenvalue weighted by atomic mass is 9.93. The summed E-state index contributed by atoms with van der Waals surface area (Å²) in [6.45, 7) is 4.10. The fraction of sp³-hybridized carbons (Fsp3) is 0.357. The first-order valence-electron chi connectivity index (χ1n) is 6.05. The van der Waals surface area contributed by atoms with Gasteiger partial charge in [0.1, 0.15) is 0 Å². The molecule has 1 aliphatic rings. The number of aromatic nitrogens is 1. The smallest absolute Gasteiger partial charge is 0.251 e. The third-order valence-electron chi connectivity index (χ3n) is 3.48. The van der Waals surface area contributed by atoms with Gasteiger partial charge in [0.05, 0.1) is 0 Å². The zero-order chi connectivity index (χ0) is 11.8. The molecule has 1 saturated heterocycles. The number of benzene rings is 1. The minimum Gasteiger partial charge on any atom is -0.322 e. The van der Waals surface area contributed by atoms with E-state index in [1.807, 2.05) is 19.1 Å². The van der Waals surface area contributed by atoms with Gasteiger partial charge in [-0.2, -0.15) is 0 Å². The number of rotatable bonds is 2. The van der Waals surface area contributed by atoms with Crippen LogP contribution in [-0.4, -0.2) is 18.1 Å². The van der Waals surface area contributed by atoms with Gasteiger partial charge in [0.25, 0.3) is 5.56 Å². The van der Waals surface area contributed by atoms with Crippen LogP contribution in [0.15, 0.2) is 29.1 Å². The zero-order valence-electron chi connectivity index (χ0n) is 9.92. The van der Waals surface area contributed by atoms with E-state index < -0.39 is 0 Å². The minimum atomic E-state index is 0.00782. The van der Waals surface area contributed by atoms with Crippen LogP contribution < -0.4 is 10.9 Å². The summed E-state index contributed by atoms with van der Waals surface area (Å²) < 4.78 is 0. The zero-order valence-corrected chi connectivity index (χ0v) is 9.92. The van der Waals surface area contributed by atoms with Gasteiger partial charge in [0.2, 0.25) is 0 Å². The van der Waals surface area contributed by atoms with Gasteiger partial charge in [-0.1, -0.05) is 6.07 Å². The van der Waals surface area contributed by atoms with E-state index in [9.17, 15) is 4.79 Å². The van der Waals surface area contributed by atoms with Crippen molar-refractivity contribution in [2.45, 2.75) is 13.3 Å². The molecule has 17 heavy (non-hydrogen) atoms. The van der Waals surface area contributed by atoms with Gasteiger partial charge in [-0.25, -0.2) is 0 Å². The summed E-state index contributed by atoms with van der Waals surface area (Å²) in [5.41, 5.74) is 3.07. The first-order chi connectivity index (χ1) is 8.22. The van der Waals surface area contributed by atoms with Crippen molar-refractivity contribution in [3.05, 3.63) is 45.7 Å². The van der Waals surface area contributed by atoms with Crippen molar-refractivity contribution in [1.29, 1.82) is 0 Å². The minimum absolute atomic E-state index is 0.00782. The van der Waals surface area contributed by atoms with E-state index in [1.165, 1.54) is 5.56 Å². The van der Waals surface area contributed by atoms with Crippen LogP contribution in [0.4, 0.5) is 0 Å². The molecular formula is C14H16N2O. The second-order valence-electron chi connectivity index (χ2n) is 4.93. The Morgan fingerprint density at radius 1 is 1.29 bits per heavy atom. The fourth-order valence-electron chi connectivity index (χ4n) is 2.32.